The van der Waals surface area contributed by atoms with Crippen LogP contribution in [0.5, 0.6) is 0 Å². The van der Waals surface area contributed by atoms with Gasteiger partial charge < -0.3 is 0 Å². The average Bonchev–Trinajstić information content (AvgIpc) is 2.57. The highest BCUT2D eigenvalue weighted by Gasteiger charge is 2.19. The van der Waals surface area contributed by atoms with Crippen molar-refractivity contribution < 1.29 is 8.96 Å². The van der Waals surface area contributed by atoms with Gasteiger partial charge in [0.2, 0.25) is 5.69 Å². The zero-order valence-electron chi connectivity index (χ0n) is 15.9. The van der Waals surface area contributed by atoms with Crippen LogP contribution >= 0.6 is 0 Å². The van der Waals surface area contributed by atoms with Crippen molar-refractivity contribution in [2.75, 3.05) is 0 Å². The van der Waals surface area contributed by atoms with E-state index in [9.17, 15) is 4.39 Å². The van der Waals surface area contributed by atoms with Gasteiger partial charge in [0.05, 0.1) is 10.9 Å². The Hall–Kier alpha value is -2.74. The highest BCUT2D eigenvalue weighted by Crippen LogP contribution is 2.34. The lowest BCUT2D eigenvalue weighted by Crippen LogP contribution is -2.30. The summed E-state index contributed by atoms with van der Waals surface area (Å²) < 4.78 is 16.3. The van der Waals surface area contributed by atoms with Crippen LogP contribution in [0.25, 0.3) is 32.8 Å². The maximum absolute atomic E-state index is 14.1. The molecule has 0 atom stereocenters. The van der Waals surface area contributed by atoms with Crippen LogP contribution in [0.2, 0.25) is 0 Å². The third-order valence-electron chi connectivity index (χ3n) is 5.49. The van der Waals surface area contributed by atoms with Gasteiger partial charge in [-0.2, -0.15) is 0 Å². The zero-order chi connectivity index (χ0) is 18.6. The van der Waals surface area contributed by atoms with E-state index in [-0.39, 0.29) is 5.82 Å². The number of nitrogens with zero attached hydrogens (tertiary/aromatic N) is 1. The van der Waals surface area contributed by atoms with Crippen LogP contribution < -0.4 is 4.57 Å². The number of hydrogen-bond acceptors (Lipinski definition) is 0. The van der Waals surface area contributed by atoms with Crippen molar-refractivity contribution in [1.82, 2.24) is 0 Å². The largest absolute Gasteiger partial charge is 0.220 e. The van der Waals surface area contributed by atoms with Crippen LogP contribution in [0.4, 0.5) is 4.39 Å². The molecule has 0 spiro atoms. The van der Waals surface area contributed by atoms with Crippen LogP contribution in [0, 0.1) is 33.5 Å². The lowest BCUT2D eigenvalue weighted by molar-refractivity contribution is -0.659. The molecule has 0 saturated carbocycles. The van der Waals surface area contributed by atoms with E-state index in [4.69, 9.17) is 0 Å². The number of pyridine rings is 1. The molecule has 1 nitrogen and oxygen atoms in total. The Labute approximate surface area is 153 Å². The average molecular weight is 344 g/mol. The highest BCUT2D eigenvalue weighted by molar-refractivity contribution is 6.11. The molecule has 26 heavy (non-hydrogen) atoms. The second kappa shape index (κ2) is 5.91. The van der Waals surface area contributed by atoms with Crippen molar-refractivity contribution in [3.8, 4) is 11.3 Å². The van der Waals surface area contributed by atoms with Crippen molar-refractivity contribution in [1.29, 1.82) is 0 Å². The summed E-state index contributed by atoms with van der Waals surface area (Å²) in [6.07, 6.45) is 2.08. The summed E-state index contributed by atoms with van der Waals surface area (Å²) in [7, 11) is 2.08. The van der Waals surface area contributed by atoms with Gasteiger partial charge in [0.15, 0.2) is 6.20 Å². The van der Waals surface area contributed by atoms with E-state index < -0.39 is 0 Å². The summed E-state index contributed by atoms with van der Waals surface area (Å²) >= 11 is 0. The smallest absolute Gasteiger partial charge is 0.207 e. The summed E-state index contributed by atoms with van der Waals surface area (Å²) in [5, 5.41) is 4.33. The lowest BCUT2D eigenvalue weighted by Gasteiger charge is -2.13. The van der Waals surface area contributed by atoms with E-state index in [1.807, 2.05) is 6.92 Å². The Balaban J connectivity index is 2.18. The van der Waals surface area contributed by atoms with Gasteiger partial charge in [-0.25, -0.2) is 8.96 Å². The molecular weight excluding hydrogens is 321 g/mol. The molecule has 0 radical (unpaired) electrons. The van der Waals surface area contributed by atoms with Crippen LogP contribution in [0.3, 0.4) is 0 Å². The predicted octanol–water partition coefficient (Wildman–Crippen LogP) is 5.86. The van der Waals surface area contributed by atoms with Crippen LogP contribution in [-0.4, -0.2) is 0 Å². The summed E-state index contributed by atoms with van der Waals surface area (Å²) in [6.45, 7) is 8.43. The minimum atomic E-state index is -0.181. The fourth-order valence-electron chi connectivity index (χ4n) is 4.06. The number of rotatable bonds is 1. The molecule has 1 aromatic heterocycles. The molecule has 2 heteroatoms. The van der Waals surface area contributed by atoms with Crippen molar-refractivity contribution in [2.24, 2.45) is 7.05 Å². The van der Waals surface area contributed by atoms with Gasteiger partial charge in [-0.3, -0.25) is 0 Å². The van der Waals surface area contributed by atoms with Gasteiger partial charge >= 0.3 is 0 Å². The van der Waals surface area contributed by atoms with E-state index in [1.165, 1.54) is 27.9 Å². The van der Waals surface area contributed by atoms with Gasteiger partial charge in [0, 0.05) is 11.5 Å². The van der Waals surface area contributed by atoms with E-state index in [0.29, 0.717) is 0 Å². The van der Waals surface area contributed by atoms with Crippen molar-refractivity contribution in [3.05, 3.63) is 76.7 Å². The summed E-state index contributed by atoms with van der Waals surface area (Å²) in [5.41, 5.74) is 7.22. The maximum Gasteiger partial charge on any atom is 0.220 e. The first-order valence-electron chi connectivity index (χ1n) is 8.96. The molecule has 4 rings (SSSR count). The second-order valence-corrected chi connectivity index (χ2v) is 7.37. The number of halogens is 1. The first kappa shape index (κ1) is 16.7. The first-order chi connectivity index (χ1) is 12.4. The first-order valence-corrected chi connectivity index (χ1v) is 8.96. The number of aryl methyl sites for hydroxylation is 4. The maximum atomic E-state index is 14.1. The van der Waals surface area contributed by atoms with Gasteiger partial charge in [0.25, 0.3) is 0 Å². The molecule has 0 aliphatic heterocycles. The van der Waals surface area contributed by atoms with Crippen LogP contribution in [0.15, 0.2) is 48.7 Å². The number of benzene rings is 3. The predicted molar refractivity (Wildman–Crippen MR) is 107 cm³/mol. The second-order valence-electron chi connectivity index (χ2n) is 7.37. The topological polar surface area (TPSA) is 3.88 Å². The molecular formula is C24H23FN+. The van der Waals surface area contributed by atoms with Gasteiger partial charge in [-0.1, -0.05) is 17.7 Å². The number of fused-ring (bicyclic) bond motifs is 3. The Morgan fingerprint density at radius 3 is 2.23 bits per heavy atom. The molecule has 0 amide bonds. The minimum absolute atomic E-state index is 0.181. The fraction of sp³-hybridized carbons (Fsp3) is 0.208. The molecule has 0 aliphatic rings. The molecule has 0 bridgehead atoms. The molecule has 130 valence electrons. The third-order valence-corrected chi connectivity index (χ3v) is 5.49. The van der Waals surface area contributed by atoms with E-state index in [0.717, 1.165) is 27.1 Å². The Bertz CT molecular complexity index is 1190. The lowest BCUT2D eigenvalue weighted by atomic mass is 9.92. The number of hydrogen-bond donors (Lipinski definition) is 0. The summed E-state index contributed by atoms with van der Waals surface area (Å²) in [6, 6.07) is 14.1. The Morgan fingerprint density at radius 2 is 1.46 bits per heavy atom. The molecule has 0 N–H and O–H groups in total. The molecule has 3 aromatic carbocycles. The highest BCUT2D eigenvalue weighted by atomic mass is 19.1. The van der Waals surface area contributed by atoms with Crippen molar-refractivity contribution >= 4 is 21.5 Å². The summed E-state index contributed by atoms with van der Waals surface area (Å²) in [5.74, 6) is -0.181. The standard InChI is InChI=1S/C24H23FN/c1-14-10-15(2)17(4)22(11-14)24-21-7-6-19-16(3)12-18(25)13-23(19)20(21)8-9-26(24)5/h6-13H,1-5H3/q+1. The number of aromatic nitrogens is 1. The van der Waals surface area contributed by atoms with E-state index in [2.05, 4.69) is 68.9 Å². The molecule has 0 aliphatic carbocycles. The molecule has 0 fully saturated rings. The minimum Gasteiger partial charge on any atom is -0.207 e. The Kier molecular flexibility index (Phi) is 3.80. The zero-order valence-corrected chi connectivity index (χ0v) is 15.9. The normalized spacial score (nSPS) is 11.5. The summed E-state index contributed by atoms with van der Waals surface area (Å²) in [4.78, 5) is 0. The molecule has 1 heterocycles. The fourth-order valence-corrected chi connectivity index (χ4v) is 4.06. The monoisotopic (exact) mass is 344 g/mol. The van der Waals surface area contributed by atoms with Gasteiger partial charge in [0.1, 0.15) is 12.9 Å². The Morgan fingerprint density at radius 1 is 0.731 bits per heavy atom. The molecule has 0 unspecified atom stereocenters. The molecule has 4 aromatic rings. The quantitative estimate of drug-likeness (QED) is 0.301. The van der Waals surface area contributed by atoms with E-state index in [1.54, 1.807) is 12.1 Å². The third kappa shape index (κ3) is 2.48. The SMILES string of the molecule is Cc1cc(C)c(C)c(-c2c3ccc4c(C)cc(F)cc4c3cc[n+]2C)c1. The van der Waals surface area contributed by atoms with Crippen LogP contribution in [-0.2, 0) is 7.05 Å². The molecule has 0 saturated heterocycles. The van der Waals surface area contributed by atoms with Crippen LogP contribution in [0.1, 0.15) is 22.3 Å². The van der Waals surface area contributed by atoms with Gasteiger partial charge in [-0.05, 0) is 79.4 Å². The van der Waals surface area contributed by atoms with E-state index >= 15 is 0 Å². The van der Waals surface area contributed by atoms with Crippen molar-refractivity contribution in [2.45, 2.75) is 27.7 Å². The van der Waals surface area contributed by atoms with Gasteiger partial charge in [-0.15, -0.1) is 0 Å². The van der Waals surface area contributed by atoms with Crippen molar-refractivity contribution in [3.63, 3.8) is 0 Å².